The zero-order valence-corrected chi connectivity index (χ0v) is 11.2. The number of aromatic amines is 1. The molecule has 19 heavy (non-hydrogen) atoms. The van der Waals surface area contributed by atoms with Crippen LogP contribution in [0.1, 0.15) is 49.1 Å². The summed E-state index contributed by atoms with van der Waals surface area (Å²) in [5, 5.41) is 3.11. The Bertz CT molecular complexity index is 444. The third-order valence-corrected chi connectivity index (χ3v) is 5.50. The second kappa shape index (κ2) is 4.09. The number of rotatable bonds is 3. The molecule has 4 nitrogen and oxygen atoms in total. The maximum atomic E-state index is 12.0. The molecular formula is C15H21N3O. The highest BCUT2D eigenvalue weighted by Gasteiger charge is 2.50. The fourth-order valence-corrected chi connectivity index (χ4v) is 5.25. The van der Waals surface area contributed by atoms with Gasteiger partial charge in [-0.15, -0.1) is 0 Å². The first-order valence-corrected chi connectivity index (χ1v) is 7.50. The number of hydrogen-bond donors (Lipinski definition) is 2. The van der Waals surface area contributed by atoms with Crippen LogP contribution in [-0.2, 0) is 0 Å². The van der Waals surface area contributed by atoms with Gasteiger partial charge >= 0.3 is 0 Å². The Morgan fingerprint density at radius 2 is 1.89 bits per heavy atom. The first-order valence-electron chi connectivity index (χ1n) is 7.50. The van der Waals surface area contributed by atoms with E-state index in [9.17, 15) is 4.79 Å². The molecule has 4 fully saturated rings. The lowest BCUT2D eigenvalue weighted by Gasteiger charge is -2.56. The number of carbonyl (C=O) groups excluding carboxylic acids is 1. The van der Waals surface area contributed by atoms with Crippen LogP contribution in [-0.4, -0.2) is 22.4 Å². The van der Waals surface area contributed by atoms with E-state index in [1.54, 1.807) is 12.4 Å². The number of hydrogen-bond acceptors (Lipinski definition) is 2. The molecular weight excluding hydrogens is 238 g/mol. The van der Waals surface area contributed by atoms with Gasteiger partial charge in [0.1, 0.15) is 0 Å². The van der Waals surface area contributed by atoms with Crippen molar-refractivity contribution in [3.05, 3.63) is 18.2 Å². The minimum Gasteiger partial charge on any atom is -0.349 e. The molecule has 1 heterocycles. The fourth-order valence-electron chi connectivity index (χ4n) is 5.25. The third kappa shape index (κ3) is 1.97. The first kappa shape index (κ1) is 11.5. The second-order valence-electron chi connectivity index (χ2n) is 7.04. The van der Waals surface area contributed by atoms with Gasteiger partial charge < -0.3 is 10.3 Å². The van der Waals surface area contributed by atoms with Crippen LogP contribution in [0, 0.1) is 23.2 Å². The summed E-state index contributed by atoms with van der Waals surface area (Å²) in [5.41, 5.74) is 0.400. The van der Waals surface area contributed by atoms with Gasteiger partial charge in [0.2, 0.25) is 0 Å². The number of amides is 1. The Kier molecular flexibility index (Phi) is 2.47. The molecule has 0 spiro atoms. The van der Waals surface area contributed by atoms with Gasteiger partial charge in [-0.3, -0.25) is 4.79 Å². The summed E-state index contributed by atoms with van der Waals surface area (Å²) in [6.45, 7) is 0.843. The van der Waals surface area contributed by atoms with Gasteiger partial charge in [-0.25, -0.2) is 4.98 Å². The van der Waals surface area contributed by atoms with Gasteiger partial charge in [-0.2, -0.15) is 0 Å². The maximum absolute atomic E-state index is 12.0. The summed E-state index contributed by atoms with van der Waals surface area (Å²) in [6, 6.07) is 0. The summed E-state index contributed by atoms with van der Waals surface area (Å²) in [6.07, 6.45) is 11.7. The van der Waals surface area contributed by atoms with Crippen LogP contribution in [0.15, 0.2) is 12.4 Å². The predicted molar refractivity (Wildman–Crippen MR) is 71.5 cm³/mol. The van der Waals surface area contributed by atoms with Crippen molar-refractivity contribution in [3.63, 3.8) is 0 Å². The van der Waals surface area contributed by atoms with E-state index in [1.807, 2.05) is 0 Å². The van der Waals surface area contributed by atoms with Crippen molar-refractivity contribution in [2.75, 3.05) is 6.54 Å². The van der Waals surface area contributed by atoms with Crippen molar-refractivity contribution in [2.45, 2.75) is 38.5 Å². The monoisotopic (exact) mass is 259 g/mol. The number of aromatic nitrogens is 2. The van der Waals surface area contributed by atoms with Crippen molar-refractivity contribution in [1.29, 1.82) is 0 Å². The number of imidazole rings is 1. The van der Waals surface area contributed by atoms with Crippen LogP contribution in [0.3, 0.4) is 0 Å². The van der Waals surface area contributed by atoms with E-state index in [-0.39, 0.29) is 5.91 Å². The molecule has 4 aliphatic carbocycles. The SMILES string of the molecule is O=C(NCC12CC3CC(CC(C3)C1)C2)c1ncc[nH]1. The maximum Gasteiger partial charge on any atom is 0.287 e. The van der Waals surface area contributed by atoms with Crippen molar-refractivity contribution in [2.24, 2.45) is 23.2 Å². The van der Waals surface area contributed by atoms with Gasteiger partial charge in [0.15, 0.2) is 5.82 Å². The lowest BCUT2D eigenvalue weighted by atomic mass is 9.49. The molecule has 1 aromatic heterocycles. The van der Waals surface area contributed by atoms with Crippen LogP contribution < -0.4 is 5.32 Å². The molecule has 0 aliphatic heterocycles. The summed E-state index contributed by atoms with van der Waals surface area (Å²) in [5.74, 6) is 3.19. The third-order valence-electron chi connectivity index (χ3n) is 5.50. The quantitative estimate of drug-likeness (QED) is 0.875. The van der Waals surface area contributed by atoms with Gasteiger partial charge in [0.25, 0.3) is 5.91 Å². The molecule has 0 unspecified atom stereocenters. The molecule has 0 radical (unpaired) electrons. The Balaban J connectivity index is 1.44. The minimum atomic E-state index is -0.0549. The van der Waals surface area contributed by atoms with Gasteiger partial charge in [0, 0.05) is 18.9 Å². The summed E-state index contributed by atoms with van der Waals surface area (Å²) in [7, 11) is 0. The smallest absolute Gasteiger partial charge is 0.287 e. The molecule has 1 aromatic rings. The highest BCUT2D eigenvalue weighted by Crippen LogP contribution is 2.59. The normalized spacial score (nSPS) is 39.5. The Labute approximate surface area is 113 Å². The largest absolute Gasteiger partial charge is 0.349 e. The van der Waals surface area contributed by atoms with E-state index >= 15 is 0 Å². The molecule has 1 amide bonds. The average molecular weight is 259 g/mol. The van der Waals surface area contributed by atoms with Crippen LogP contribution in [0.2, 0.25) is 0 Å². The van der Waals surface area contributed by atoms with E-state index in [4.69, 9.17) is 0 Å². The van der Waals surface area contributed by atoms with Crippen LogP contribution >= 0.6 is 0 Å². The standard InChI is InChI=1S/C15H21N3O/c19-14(13-16-1-2-17-13)18-9-15-6-10-3-11(7-15)5-12(4-10)8-15/h1-2,10-12H,3-9H2,(H,16,17)(H,18,19). The molecule has 0 aromatic carbocycles. The van der Waals surface area contributed by atoms with Crippen LogP contribution in [0.25, 0.3) is 0 Å². The molecule has 0 saturated heterocycles. The summed E-state index contributed by atoms with van der Waals surface area (Å²) in [4.78, 5) is 18.9. The van der Waals surface area contributed by atoms with Crippen LogP contribution in [0.4, 0.5) is 0 Å². The predicted octanol–water partition coefficient (Wildman–Crippen LogP) is 2.36. The highest BCUT2D eigenvalue weighted by atomic mass is 16.2. The van der Waals surface area contributed by atoms with Gasteiger partial charge in [-0.05, 0) is 61.7 Å². The Hall–Kier alpha value is -1.32. The average Bonchev–Trinajstić information content (AvgIpc) is 2.88. The van der Waals surface area contributed by atoms with E-state index in [0.717, 1.165) is 24.3 Å². The molecule has 4 aliphatic rings. The Morgan fingerprint density at radius 3 is 2.42 bits per heavy atom. The second-order valence-corrected chi connectivity index (χ2v) is 7.04. The van der Waals surface area contributed by atoms with Crippen LogP contribution in [0.5, 0.6) is 0 Å². The van der Waals surface area contributed by atoms with E-state index < -0.39 is 0 Å². The molecule has 5 rings (SSSR count). The lowest BCUT2D eigenvalue weighted by Crippen LogP contribution is -2.51. The first-order chi connectivity index (χ1) is 9.22. The van der Waals surface area contributed by atoms with Gasteiger partial charge in [-0.1, -0.05) is 0 Å². The minimum absolute atomic E-state index is 0.0549. The number of nitrogens with one attached hydrogen (secondary N) is 2. The fraction of sp³-hybridized carbons (Fsp3) is 0.733. The van der Waals surface area contributed by atoms with Crippen molar-refractivity contribution < 1.29 is 4.79 Å². The van der Waals surface area contributed by atoms with E-state index in [1.165, 1.54) is 38.5 Å². The van der Waals surface area contributed by atoms with E-state index in [2.05, 4.69) is 15.3 Å². The summed E-state index contributed by atoms with van der Waals surface area (Å²) >= 11 is 0. The van der Waals surface area contributed by atoms with E-state index in [0.29, 0.717) is 11.2 Å². The molecule has 102 valence electrons. The Morgan fingerprint density at radius 1 is 1.26 bits per heavy atom. The molecule has 4 saturated carbocycles. The summed E-state index contributed by atoms with van der Waals surface area (Å²) < 4.78 is 0. The number of H-pyrrole nitrogens is 1. The number of nitrogens with zero attached hydrogens (tertiary/aromatic N) is 1. The van der Waals surface area contributed by atoms with Crippen molar-refractivity contribution in [1.82, 2.24) is 15.3 Å². The van der Waals surface area contributed by atoms with Gasteiger partial charge in [0.05, 0.1) is 0 Å². The highest BCUT2D eigenvalue weighted by molar-refractivity contribution is 5.90. The van der Waals surface area contributed by atoms with Crippen molar-refractivity contribution >= 4 is 5.91 Å². The molecule has 0 atom stereocenters. The van der Waals surface area contributed by atoms with Crippen molar-refractivity contribution in [3.8, 4) is 0 Å². The molecule has 2 N–H and O–H groups in total. The molecule has 4 heteroatoms. The molecule has 4 bridgehead atoms. The number of carbonyl (C=O) groups is 1. The lowest BCUT2D eigenvalue weighted by molar-refractivity contribution is -0.0503. The topological polar surface area (TPSA) is 57.8 Å². The zero-order chi connectivity index (χ0) is 12.9. The zero-order valence-electron chi connectivity index (χ0n) is 11.2.